The van der Waals surface area contributed by atoms with Crippen molar-refractivity contribution in [1.29, 1.82) is 0 Å². The molecular formula is C22H23N5O2. The summed E-state index contributed by atoms with van der Waals surface area (Å²) in [6, 6.07) is 10.7. The van der Waals surface area contributed by atoms with Crippen LogP contribution in [-0.2, 0) is 24.2 Å². The smallest absolute Gasteiger partial charge is 0.227 e. The number of amides is 1. The van der Waals surface area contributed by atoms with E-state index >= 15 is 0 Å². The van der Waals surface area contributed by atoms with Gasteiger partial charge in [0.1, 0.15) is 11.6 Å². The zero-order chi connectivity index (χ0) is 20.4. The highest BCUT2D eigenvalue weighted by atomic mass is 16.3. The number of hydrogen-bond acceptors (Lipinski definition) is 6. The maximum absolute atomic E-state index is 12.9. The Morgan fingerprint density at radius 3 is 2.62 bits per heavy atom. The molecule has 7 nitrogen and oxygen atoms in total. The number of carbonyl (C=O) groups excluding carboxylic acids is 1. The molecule has 0 bridgehead atoms. The van der Waals surface area contributed by atoms with Crippen molar-refractivity contribution >= 4 is 11.7 Å². The first-order valence-corrected chi connectivity index (χ1v) is 9.55. The van der Waals surface area contributed by atoms with Gasteiger partial charge in [-0.15, -0.1) is 0 Å². The first-order chi connectivity index (χ1) is 14.0. The maximum atomic E-state index is 12.9. The number of para-hydroxylation sites is 1. The Hall–Kier alpha value is -3.48. The number of fused-ring (bicyclic) bond motifs is 1. The van der Waals surface area contributed by atoms with Crippen LogP contribution in [0.4, 0.5) is 5.82 Å². The molecule has 1 aliphatic heterocycles. The number of carbonyl (C=O) groups is 1. The van der Waals surface area contributed by atoms with Gasteiger partial charge in [0, 0.05) is 49.7 Å². The van der Waals surface area contributed by atoms with Gasteiger partial charge in [0.2, 0.25) is 5.91 Å². The molecule has 0 atom stereocenters. The van der Waals surface area contributed by atoms with Crippen molar-refractivity contribution in [2.24, 2.45) is 0 Å². The summed E-state index contributed by atoms with van der Waals surface area (Å²) in [5.74, 6) is 1.64. The van der Waals surface area contributed by atoms with Crippen molar-refractivity contribution < 1.29 is 9.90 Å². The summed E-state index contributed by atoms with van der Waals surface area (Å²) < 4.78 is 0. The van der Waals surface area contributed by atoms with Gasteiger partial charge in [-0.1, -0.05) is 18.2 Å². The lowest BCUT2D eigenvalue weighted by molar-refractivity contribution is -0.131. The second-order valence-corrected chi connectivity index (χ2v) is 7.30. The Morgan fingerprint density at radius 1 is 1.14 bits per heavy atom. The van der Waals surface area contributed by atoms with E-state index in [9.17, 15) is 9.90 Å². The minimum atomic E-state index is -0.0207. The van der Waals surface area contributed by atoms with Crippen LogP contribution in [0.1, 0.15) is 16.8 Å². The van der Waals surface area contributed by atoms with Gasteiger partial charge in [-0.25, -0.2) is 9.97 Å². The fraction of sp³-hybridized carbons (Fsp3) is 0.273. The molecule has 29 heavy (non-hydrogen) atoms. The van der Waals surface area contributed by atoms with Crippen LogP contribution in [0.15, 0.2) is 48.8 Å². The molecule has 1 amide bonds. The Morgan fingerprint density at radius 2 is 1.90 bits per heavy atom. The molecule has 0 saturated heterocycles. The van der Waals surface area contributed by atoms with E-state index < -0.39 is 0 Å². The molecule has 0 saturated carbocycles. The lowest BCUT2D eigenvalue weighted by Crippen LogP contribution is -2.38. The van der Waals surface area contributed by atoms with Crippen LogP contribution in [0.5, 0.6) is 5.75 Å². The number of anilines is 1. The highest BCUT2D eigenvalue weighted by Crippen LogP contribution is 2.29. The van der Waals surface area contributed by atoms with Crippen LogP contribution in [-0.4, -0.2) is 51.5 Å². The first-order valence-electron chi connectivity index (χ1n) is 9.55. The van der Waals surface area contributed by atoms with Crippen LogP contribution >= 0.6 is 0 Å². The number of aromatic hydroxyl groups is 1. The SMILES string of the molecule is CN(C)c1nc(-c2ccncc2)nc2c1CCN(C(=O)Cc1ccccc1O)C2. The van der Waals surface area contributed by atoms with Crippen molar-refractivity contribution in [2.45, 2.75) is 19.4 Å². The van der Waals surface area contributed by atoms with Gasteiger partial charge in [-0.2, -0.15) is 0 Å². The third-order valence-electron chi connectivity index (χ3n) is 5.09. The number of pyridine rings is 1. The lowest BCUT2D eigenvalue weighted by Gasteiger charge is -2.31. The molecule has 7 heteroatoms. The quantitative estimate of drug-likeness (QED) is 0.738. The number of phenolic OH excluding ortho intramolecular Hbond substituents is 1. The third-order valence-corrected chi connectivity index (χ3v) is 5.09. The second-order valence-electron chi connectivity index (χ2n) is 7.30. The van der Waals surface area contributed by atoms with Gasteiger partial charge in [0.15, 0.2) is 5.82 Å². The summed E-state index contributed by atoms with van der Waals surface area (Å²) in [4.78, 5) is 30.2. The van der Waals surface area contributed by atoms with E-state index in [1.165, 1.54) is 0 Å². The summed E-state index contributed by atoms with van der Waals surface area (Å²) in [5, 5.41) is 9.97. The van der Waals surface area contributed by atoms with E-state index in [0.717, 1.165) is 22.6 Å². The summed E-state index contributed by atoms with van der Waals surface area (Å²) in [6.07, 6.45) is 4.31. The van der Waals surface area contributed by atoms with Crippen molar-refractivity contribution in [3.8, 4) is 17.1 Å². The Kier molecular flexibility index (Phi) is 5.12. The molecule has 1 aliphatic rings. The predicted molar refractivity (Wildman–Crippen MR) is 111 cm³/mol. The molecule has 148 valence electrons. The Bertz CT molecular complexity index is 1040. The molecule has 0 radical (unpaired) electrons. The van der Waals surface area contributed by atoms with E-state index in [1.54, 1.807) is 35.5 Å². The standard InChI is InChI=1S/C22H23N5O2/c1-26(2)22-17-9-12-27(20(29)13-16-5-3-4-6-19(16)28)14-18(17)24-21(25-22)15-7-10-23-11-8-15/h3-8,10-11,28H,9,12-14H2,1-2H3. The number of nitrogens with zero attached hydrogens (tertiary/aromatic N) is 5. The molecule has 0 spiro atoms. The monoisotopic (exact) mass is 389 g/mol. The summed E-state index contributed by atoms with van der Waals surface area (Å²) in [6.45, 7) is 1.04. The van der Waals surface area contributed by atoms with Crippen LogP contribution < -0.4 is 4.90 Å². The fourth-order valence-corrected chi connectivity index (χ4v) is 3.56. The minimum absolute atomic E-state index is 0.0207. The highest BCUT2D eigenvalue weighted by molar-refractivity contribution is 5.80. The number of benzene rings is 1. The summed E-state index contributed by atoms with van der Waals surface area (Å²) >= 11 is 0. The molecule has 1 N–H and O–H groups in total. The average Bonchev–Trinajstić information content (AvgIpc) is 2.74. The van der Waals surface area contributed by atoms with Crippen LogP contribution in [0.2, 0.25) is 0 Å². The highest BCUT2D eigenvalue weighted by Gasteiger charge is 2.26. The fourth-order valence-electron chi connectivity index (χ4n) is 3.56. The predicted octanol–water partition coefficient (Wildman–Crippen LogP) is 2.44. The van der Waals surface area contributed by atoms with Crippen molar-refractivity contribution in [3.63, 3.8) is 0 Å². The number of aromatic nitrogens is 3. The van der Waals surface area contributed by atoms with Crippen molar-refractivity contribution in [2.75, 3.05) is 25.5 Å². The molecular weight excluding hydrogens is 366 g/mol. The van der Waals surface area contributed by atoms with E-state index in [1.807, 2.05) is 37.2 Å². The molecule has 1 aromatic carbocycles. The van der Waals surface area contributed by atoms with Crippen LogP contribution in [0.25, 0.3) is 11.4 Å². The van der Waals surface area contributed by atoms with E-state index in [0.29, 0.717) is 30.9 Å². The molecule has 3 aromatic rings. The Labute approximate surface area is 169 Å². The second kappa shape index (κ2) is 7.87. The molecule has 4 rings (SSSR count). The third kappa shape index (κ3) is 3.89. The number of hydrogen-bond donors (Lipinski definition) is 1. The largest absolute Gasteiger partial charge is 0.508 e. The minimum Gasteiger partial charge on any atom is -0.508 e. The van der Waals surface area contributed by atoms with Crippen LogP contribution in [0.3, 0.4) is 0 Å². The summed E-state index contributed by atoms with van der Waals surface area (Å²) in [5.41, 5.74) is 3.48. The van der Waals surface area contributed by atoms with Crippen molar-refractivity contribution in [3.05, 3.63) is 65.6 Å². The number of phenols is 1. The zero-order valence-corrected chi connectivity index (χ0v) is 16.5. The summed E-state index contributed by atoms with van der Waals surface area (Å²) in [7, 11) is 3.93. The molecule has 0 aliphatic carbocycles. The van der Waals surface area contributed by atoms with E-state index in [4.69, 9.17) is 9.97 Å². The van der Waals surface area contributed by atoms with Gasteiger partial charge in [0.05, 0.1) is 18.7 Å². The van der Waals surface area contributed by atoms with E-state index in [-0.39, 0.29) is 18.1 Å². The van der Waals surface area contributed by atoms with Crippen LogP contribution in [0, 0.1) is 0 Å². The molecule has 0 fully saturated rings. The normalized spacial score (nSPS) is 13.1. The Balaban J connectivity index is 1.63. The average molecular weight is 389 g/mol. The van der Waals surface area contributed by atoms with Gasteiger partial charge < -0.3 is 14.9 Å². The lowest BCUT2D eigenvalue weighted by atomic mass is 10.0. The van der Waals surface area contributed by atoms with Gasteiger partial charge in [-0.05, 0) is 24.6 Å². The van der Waals surface area contributed by atoms with Crippen molar-refractivity contribution in [1.82, 2.24) is 19.9 Å². The van der Waals surface area contributed by atoms with E-state index in [2.05, 4.69) is 4.98 Å². The molecule has 3 heterocycles. The first kappa shape index (κ1) is 18.9. The van der Waals surface area contributed by atoms with Gasteiger partial charge in [0.25, 0.3) is 0 Å². The molecule has 2 aromatic heterocycles. The molecule has 0 unspecified atom stereocenters. The maximum Gasteiger partial charge on any atom is 0.227 e. The van der Waals surface area contributed by atoms with Gasteiger partial charge in [-0.3, -0.25) is 9.78 Å². The zero-order valence-electron chi connectivity index (χ0n) is 16.5. The topological polar surface area (TPSA) is 82.5 Å². The van der Waals surface area contributed by atoms with Gasteiger partial charge >= 0.3 is 0 Å². The number of rotatable bonds is 4.